The first kappa shape index (κ1) is 18.5. The summed E-state index contributed by atoms with van der Waals surface area (Å²) in [4.78, 5) is 15.5. The zero-order valence-electron chi connectivity index (χ0n) is 14.5. The standard InChI is InChI=1S/C20H17ClN2O4/c1-12(24)16-6-7-17(19(21)20(16)25)26-11-13-3-2-4-15(9-13)27-18-8-5-14(22)10-23-18/h2-10,25H,11,22H2,1H3. The van der Waals surface area contributed by atoms with E-state index in [9.17, 15) is 9.90 Å². The number of carbonyl (C=O) groups is 1. The summed E-state index contributed by atoms with van der Waals surface area (Å²) in [5, 5.41) is 10.0. The van der Waals surface area contributed by atoms with Crippen molar-refractivity contribution in [1.29, 1.82) is 0 Å². The number of anilines is 1. The first-order valence-electron chi connectivity index (χ1n) is 8.07. The summed E-state index contributed by atoms with van der Waals surface area (Å²) in [5.74, 6) is 0.741. The number of halogens is 1. The number of pyridine rings is 1. The molecule has 0 spiro atoms. The third-order valence-corrected chi connectivity index (χ3v) is 4.10. The van der Waals surface area contributed by atoms with Crippen molar-refractivity contribution in [3.05, 3.63) is 70.9 Å². The number of phenolic OH excluding ortho intramolecular Hbond substituents is 1. The topological polar surface area (TPSA) is 94.7 Å². The zero-order valence-corrected chi connectivity index (χ0v) is 15.2. The quantitative estimate of drug-likeness (QED) is 0.603. The molecule has 2 aromatic carbocycles. The first-order chi connectivity index (χ1) is 12.9. The number of aromatic hydroxyl groups is 1. The van der Waals surface area contributed by atoms with E-state index in [-0.39, 0.29) is 34.5 Å². The van der Waals surface area contributed by atoms with Crippen molar-refractivity contribution in [3.63, 3.8) is 0 Å². The van der Waals surface area contributed by atoms with Crippen LogP contribution in [0.5, 0.6) is 23.1 Å². The lowest BCUT2D eigenvalue weighted by Crippen LogP contribution is -1.99. The number of phenols is 1. The molecule has 3 N–H and O–H groups in total. The summed E-state index contributed by atoms with van der Waals surface area (Å²) in [6.45, 7) is 1.55. The fraction of sp³-hybridized carbons (Fsp3) is 0.100. The van der Waals surface area contributed by atoms with E-state index >= 15 is 0 Å². The summed E-state index contributed by atoms with van der Waals surface area (Å²) in [5.41, 5.74) is 7.14. The van der Waals surface area contributed by atoms with Gasteiger partial charge >= 0.3 is 0 Å². The molecule has 1 heterocycles. The molecule has 0 aliphatic rings. The van der Waals surface area contributed by atoms with Gasteiger partial charge in [0, 0.05) is 6.07 Å². The van der Waals surface area contributed by atoms with Crippen LogP contribution in [0.25, 0.3) is 0 Å². The van der Waals surface area contributed by atoms with E-state index in [1.165, 1.54) is 19.2 Å². The van der Waals surface area contributed by atoms with E-state index in [0.29, 0.717) is 17.3 Å². The largest absolute Gasteiger partial charge is 0.505 e. The smallest absolute Gasteiger partial charge is 0.219 e. The lowest BCUT2D eigenvalue weighted by molar-refractivity contribution is 0.101. The molecule has 27 heavy (non-hydrogen) atoms. The average Bonchev–Trinajstić information content (AvgIpc) is 2.65. The van der Waals surface area contributed by atoms with Gasteiger partial charge in [-0.05, 0) is 42.8 Å². The number of nitrogens with two attached hydrogens (primary N) is 1. The van der Waals surface area contributed by atoms with Crippen LogP contribution in [0.2, 0.25) is 5.02 Å². The Morgan fingerprint density at radius 1 is 1.22 bits per heavy atom. The third-order valence-electron chi connectivity index (χ3n) is 3.73. The third kappa shape index (κ3) is 4.48. The molecule has 0 aliphatic heterocycles. The summed E-state index contributed by atoms with van der Waals surface area (Å²) in [7, 11) is 0. The highest BCUT2D eigenvalue weighted by Gasteiger charge is 2.15. The number of ether oxygens (including phenoxy) is 2. The minimum absolute atomic E-state index is 0.00109. The molecule has 0 radical (unpaired) electrons. The predicted octanol–water partition coefficient (Wildman–Crippen LogP) is 4.60. The van der Waals surface area contributed by atoms with Gasteiger partial charge in [-0.3, -0.25) is 4.79 Å². The highest BCUT2D eigenvalue weighted by Crippen LogP contribution is 2.36. The second kappa shape index (κ2) is 7.97. The Labute approximate surface area is 161 Å². The highest BCUT2D eigenvalue weighted by atomic mass is 35.5. The molecular formula is C20H17ClN2O4. The van der Waals surface area contributed by atoms with Crippen molar-refractivity contribution >= 4 is 23.1 Å². The maximum Gasteiger partial charge on any atom is 0.219 e. The maximum atomic E-state index is 11.4. The van der Waals surface area contributed by atoms with Crippen LogP contribution in [-0.2, 0) is 6.61 Å². The number of benzene rings is 2. The number of rotatable bonds is 6. The van der Waals surface area contributed by atoms with E-state index < -0.39 is 0 Å². The zero-order chi connectivity index (χ0) is 19.4. The summed E-state index contributed by atoms with van der Waals surface area (Å²) in [6.07, 6.45) is 1.52. The molecule has 0 saturated carbocycles. The average molecular weight is 385 g/mol. The molecule has 0 saturated heterocycles. The van der Waals surface area contributed by atoms with Gasteiger partial charge < -0.3 is 20.3 Å². The number of Topliss-reactive ketones (excluding diaryl/α,β-unsaturated/α-hetero) is 1. The van der Waals surface area contributed by atoms with Crippen LogP contribution >= 0.6 is 11.6 Å². The summed E-state index contributed by atoms with van der Waals surface area (Å²) in [6, 6.07) is 13.7. The van der Waals surface area contributed by atoms with Crippen molar-refractivity contribution in [3.8, 4) is 23.1 Å². The van der Waals surface area contributed by atoms with Crippen LogP contribution in [-0.4, -0.2) is 15.9 Å². The Bertz CT molecular complexity index is 974. The Morgan fingerprint density at radius 3 is 2.74 bits per heavy atom. The fourth-order valence-corrected chi connectivity index (χ4v) is 2.59. The van der Waals surface area contributed by atoms with Gasteiger partial charge in [0.25, 0.3) is 0 Å². The van der Waals surface area contributed by atoms with Crippen LogP contribution in [0.3, 0.4) is 0 Å². The summed E-state index contributed by atoms with van der Waals surface area (Å²) < 4.78 is 11.4. The molecule has 7 heteroatoms. The molecule has 1 aromatic heterocycles. The monoisotopic (exact) mass is 384 g/mol. The Balaban J connectivity index is 1.71. The first-order valence-corrected chi connectivity index (χ1v) is 8.45. The van der Waals surface area contributed by atoms with E-state index in [1.807, 2.05) is 12.1 Å². The number of aromatic nitrogens is 1. The van der Waals surface area contributed by atoms with Crippen LogP contribution in [0.15, 0.2) is 54.7 Å². The molecule has 6 nitrogen and oxygen atoms in total. The predicted molar refractivity (Wildman–Crippen MR) is 103 cm³/mol. The van der Waals surface area contributed by atoms with E-state index in [4.69, 9.17) is 26.8 Å². The van der Waals surface area contributed by atoms with Crippen molar-refractivity contribution in [2.45, 2.75) is 13.5 Å². The lowest BCUT2D eigenvalue weighted by Gasteiger charge is -2.12. The molecule has 3 aromatic rings. The van der Waals surface area contributed by atoms with Gasteiger partial charge in [0.2, 0.25) is 5.88 Å². The summed E-state index contributed by atoms with van der Waals surface area (Å²) >= 11 is 6.09. The van der Waals surface area contributed by atoms with Crippen molar-refractivity contribution in [1.82, 2.24) is 4.98 Å². The molecule has 0 aliphatic carbocycles. The van der Waals surface area contributed by atoms with Crippen molar-refractivity contribution in [2.75, 3.05) is 5.73 Å². The molecule has 138 valence electrons. The second-order valence-electron chi connectivity index (χ2n) is 5.80. The van der Waals surface area contributed by atoms with E-state index in [1.54, 1.807) is 30.3 Å². The van der Waals surface area contributed by atoms with Gasteiger partial charge in [-0.15, -0.1) is 0 Å². The SMILES string of the molecule is CC(=O)c1ccc(OCc2cccc(Oc3ccc(N)cn3)c2)c(Cl)c1O. The van der Waals surface area contributed by atoms with E-state index in [0.717, 1.165) is 5.56 Å². The highest BCUT2D eigenvalue weighted by molar-refractivity contribution is 6.34. The van der Waals surface area contributed by atoms with E-state index in [2.05, 4.69) is 4.98 Å². The Hall–Kier alpha value is -3.25. The van der Waals surface area contributed by atoms with Gasteiger partial charge in [0.1, 0.15) is 28.9 Å². The molecule has 0 amide bonds. The Kier molecular flexibility index (Phi) is 5.47. The minimum atomic E-state index is -0.284. The normalized spacial score (nSPS) is 10.4. The number of nitrogen functional groups attached to an aromatic ring is 1. The molecule has 0 unspecified atom stereocenters. The van der Waals surface area contributed by atoms with Gasteiger partial charge in [-0.25, -0.2) is 4.98 Å². The van der Waals surface area contributed by atoms with Gasteiger partial charge in [0.15, 0.2) is 5.78 Å². The molecule has 3 rings (SSSR count). The Morgan fingerprint density at radius 2 is 2.04 bits per heavy atom. The molecular weight excluding hydrogens is 368 g/mol. The van der Waals surface area contributed by atoms with Gasteiger partial charge in [-0.1, -0.05) is 23.7 Å². The molecule has 0 fully saturated rings. The van der Waals surface area contributed by atoms with Crippen LogP contribution in [0, 0.1) is 0 Å². The van der Waals surface area contributed by atoms with Crippen LogP contribution in [0.1, 0.15) is 22.8 Å². The number of ketones is 1. The van der Waals surface area contributed by atoms with Gasteiger partial charge in [0.05, 0.1) is 17.4 Å². The number of hydrogen-bond acceptors (Lipinski definition) is 6. The maximum absolute atomic E-state index is 11.4. The fourth-order valence-electron chi connectivity index (χ4n) is 2.37. The van der Waals surface area contributed by atoms with Crippen LogP contribution < -0.4 is 15.2 Å². The lowest BCUT2D eigenvalue weighted by atomic mass is 10.1. The van der Waals surface area contributed by atoms with Gasteiger partial charge in [-0.2, -0.15) is 0 Å². The number of hydrogen-bond donors (Lipinski definition) is 2. The van der Waals surface area contributed by atoms with Crippen molar-refractivity contribution in [2.24, 2.45) is 0 Å². The molecule has 0 atom stereocenters. The second-order valence-corrected chi connectivity index (χ2v) is 6.18. The molecule has 0 bridgehead atoms. The number of carbonyl (C=O) groups excluding carboxylic acids is 1. The minimum Gasteiger partial charge on any atom is -0.505 e. The van der Waals surface area contributed by atoms with Crippen LogP contribution in [0.4, 0.5) is 5.69 Å². The number of nitrogens with zero attached hydrogens (tertiary/aromatic N) is 1. The van der Waals surface area contributed by atoms with Crippen molar-refractivity contribution < 1.29 is 19.4 Å².